The molecular formula is C16H22N4O3. The summed E-state index contributed by atoms with van der Waals surface area (Å²) >= 11 is 0. The van der Waals surface area contributed by atoms with Gasteiger partial charge in [0.25, 0.3) is 5.89 Å². The number of amides is 1. The predicted molar refractivity (Wildman–Crippen MR) is 83.3 cm³/mol. The lowest BCUT2D eigenvalue weighted by molar-refractivity contribution is -0.125. The number of nitrogens with one attached hydrogen (secondary N) is 1. The Bertz CT molecular complexity index is 628. The van der Waals surface area contributed by atoms with Crippen molar-refractivity contribution in [3.05, 3.63) is 24.3 Å². The number of nitrogens with zero attached hydrogens (tertiary/aromatic N) is 3. The van der Waals surface area contributed by atoms with E-state index < -0.39 is 0 Å². The highest BCUT2D eigenvalue weighted by molar-refractivity contribution is 5.78. The van der Waals surface area contributed by atoms with Gasteiger partial charge >= 0.3 is 0 Å². The highest BCUT2D eigenvalue weighted by Crippen LogP contribution is 2.19. The molecule has 0 saturated carbocycles. The molecule has 3 heterocycles. The maximum absolute atomic E-state index is 11.7. The van der Waals surface area contributed by atoms with Crippen LogP contribution < -0.4 is 5.32 Å². The Labute approximate surface area is 135 Å². The van der Waals surface area contributed by atoms with Gasteiger partial charge in [-0.15, -0.1) is 10.2 Å². The summed E-state index contributed by atoms with van der Waals surface area (Å²) in [4.78, 5) is 14.0. The molecule has 7 nitrogen and oxygen atoms in total. The van der Waals surface area contributed by atoms with Crippen LogP contribution in [0.15, 0.2) is 27.2 Å². The molecule has 0 radical (unpaired) electrons. The Morgan fingerprint density at radius 3 is 2.83 bits per heavy atom. The third kappa shape index (κ3) is 3.98. The summed E-state index contributed by atoms with van der Waals surface area (Å²) in [5.41, 5.74) is 0. The van der Waals surface area contributed by atoms with Gasteiger partial charge in [0.2, 0.25) is 11.8 Å². The van der Waals surface area contributed by atoms with E-state index in [1.807, 2.05) is 13.8 Å². The second kappa shape index (κ2) is 6.95. The molecule has 0 aromatic carbocycles. The van der Waals surface area contributed by atoms with E-state index in [1.165, 1.54) is 0 Å². The molecule has 7 heteroatoms. The maximum atomic E-state index is 11.7. The van der Waals surface area contributed by atoms with Gasteiger partial charge in [0.1, 0.15) is 0 Å². The van der Waals surface area contributed by atoms with Crippen molar-refractivity contribution >= 4 is 5.91 Å². The van der Waals surface area contributed by atoms with Crippen molar-refractivity contribution in [2.45, 2.75) is 39.3 Å². The summed E-state index contributed by atoms with van der Waals surface area (Å²) in [5, 5.41) is 11.2. The zero-order chi connectivity index (χ0) is 16.2. The molecule has 3 rings (SSSR count). The third-order valence-electron chi connectivity index (χ3n) is 4.02. The number of piperidine rings is 1. The van der Waals surface area contributed by atoms with Gasteiger partial charge < -0.3 is 14.2 Å². The fraction of sp³-hybridized carbons (Fsp3) is 0.562. The number of likely N-dealkylation sites (tertiary alicyclic amines) is 1. The molecule has 0 bridgehead atoms. The fourth-order valence-electron chi connectivity index (χ4n) is 2.61. The minimum Gasteiger partial charge on any atom is -0.459 e. The summed E-state index contributed by atoms with van der Waals surface area (Å²) < 4.78 is 10.9. The lowest BCUT2D eigenvalue weighted by atomic mass is 10.0. The van der Waals surface area contributed by atoms with Crippen LogP contribution in [0.25, 0.3) is 11.7 Å². The Kier molecular flexibility index (Phi) is 4.76. The van der Waals surface area contributed by atoms with Crippen LogP contribution in [0.5, 0.6) is 0 Å². The molecule has 1 N–H and O–H groups in total. The first-order chi connectivity index (χ1) is 11.1. The van der Waals surface area contributed by atoms with Crippen molar-refractivity contribution in [1.82, 2.24) is 20.4 Å². The van der Waals surface area contributed by atoms with Crippen LogP contribution in [0.3, 0.4) is 0 Å². The second-order valence-electron chi connectivity index (χ2n) is 6.19. The van der Waals surface area contributed by atoms with Crippen molar-refractivity contribution in [2.24, 2.45) is 5.92 Å². The highest BCUT2D eigenvalue weighted by Gasteiger charge is 2.23. The molecule has 1 aliphatic heterocycles. The first-order valence-corrected chi connectivity index (χ1v) is 8.01. The van der Waals surface area contributed by atoms with Gasteiger partial charge in [-0.25, -0.2) is 0 Å². The number of aromatic nitrogens is 2. The number of carbonyl (C=O) groups excluding carboxylic acids is 1. The zero-order valence-corrected chi connectivity index (χ0v) is 13.5. The Morgan fingerprint density at radius 1 is 1.39 bits per heavy atom. The minimum absolute atomic E-state index is 0.0337. The van der Waals surface area contributed by atoms with Crippen molar-refractivity contribution in [2.75, 3.05) is 13.1 Å². The molecule has 1 fully saturated rings. The molecule has 1 amide bonds. The molecule has 0 spiro atoms. The van der Waals surface area contributed by atoms with E-state index >= 15 is 0 Å². The van der Waals surface area contributed by atoms with Gasteiger partial charge in [0.15, 0.2) is 5.76 Å². The smallest absolute Gasteiger partial charge is 0.283 e. The van der Waals surface area contributed by atoms with Gasteiger partial charge in [0.05, 0.1) is 12.8 Å². The number of hydrogen-bond donors (Lipinski definition) is 1. The van der Waals surface area contributed by atoms with E-state index in [0.29, 0.717) is 24.1 Å². The summed E-state index contributed by atoms with van der Waals surface area (Å²) in [6.45, 7) is 6.26. The maximum Gasteiger partial charge on any atom is 0.283 e. The molecule has 0 atom stereocenters. The van der Waals surface area contributed by atoms with E-state index in [1.54, 1.807) is 18.4 Å². The van der Waals surface area contributed by atoms with Gasteiger partial charge in [-0.05, 0) is 25.0 Å². The van der Waals surface area contributed by atoms with Crippen LogP contribution in [0.2, 0.25) is 0 Å². The number of furan rings is 1. The Morgan fingerprint density at radius 2 is 2.17 bits per heavy atom. The summed E-state index contributed by atoms with van der Waals surface area (Å²) in [6.07, 6.45) is 3.46. The Balaban J connectivity index is 1.48. The first-order valence-electron chi connectivity index (χ1n) is 8.01. The minimum atomic E-state index is 0.0337. The highest BCUT2D eigenvalue weighted by atomic mass is 16.4. The van der Waals surface area contributed by atoms with Crippen LogP contribution in [0, 0.1) is 5.92 Å². The average Bonchev–Trinajstić information content (AvgIpc) is 3.20. The number of hydrogen-bond acceptors (Lipinski definition) is 6. The molecule has 0 unspecified atom stereocenters. The van der Waals surface area contributed by atoms with E-state index in [4.69, 9.17) is 8.83 Å². The van der Waals surface area contributed by atoms with Crippen LogP contribution in [-0.4, -0.2) is 40.1 Å². The molecular weight excluding hydrogens is 296 g/mol. The van der Waals surface area contributed by atoms with E-state index in [2.05, 4.69) is 20.4 Å². The molecule has 0 aliphatic carbocycles. The standard InChI is InChI=1S/C16H22N4O3/c1-11(2)15(21)17-12-5-7-20(8-6-12)10-14-18-19-16(23-14)13-4-3-9-22-13/h3-4,9,11-12H,5-8,10H2,1-2H3,(H,17,21). The largest absolute Gasteiger partial charge is 0.459 e. The van der Waals surface area contributed by atoms with Crippen molar-refractivity contribution in [3.63, 3.8) is 0 Å². The second-order valence-corrected chi connectivity index (χ2v) is 6.19. The first kappa shape index (κ1) is 15.7. The SMILES string of the molecule is CC(C)C(=O)NC1CCN(Cc2nnc(-c3ccco3)o2)CC1. The van der Waals surface area contributed by atoms with Gasteiger partial charge in [-0.1, -0.05) is 13.8 Å². The fourth-order valence-corrected chi connectivity index (χ4v) is 2.61. The number of rotatable bonds is 5. The van der Waals surface area contributed by atoms with Crippen LogP contribution in [-0.2, 0) is 11.3 Å². The van der Waals surface area contributed by atoms with Gasteiger partial charge in [-0.2, -0.15) is 0 Å². The van der Waals surface area contributed by atoms with E-state index in [-0.39, 0.29) is 17.9 Å². The quantitative estimate of drug-likeness (QED) is 0.908. The molecule has 1 aliphatic rings. The molecule has 2 aromatic rings. The van der Waals surface area contributed by atoms with Gasteiger partial charge in [-0.3, -0.25) is 9.69 Å². The average molecular weight is 318 g/mol. The Hall–Kier alpha value is -2.15. The van der Waals surface area contributed by atoms with Gasteiger partial charge in [0, 0.05) is 25.0 Å². The third-order valence-corrected chi connectivity index (χ3v) is 4.02. The normalized spacial score (nSPS) is 16.8. The van der Waals surface area contributed by atoms with Crippen molar-refractivity contribution in [1.29, 1.82) is 0 Å². The summed E-state index contributed by atoms with van der Waals surface area (Å²) in [6, 6.07) is 3.85. The predicted octanol–water partition coefficient (Wildman–Crippen LogP) is 2.07. The van der Waals surface area contributed by atoms with E-state index in [0.717, 1.165) is 25.9 Å². The van der Waals surface area contributed by atoms with Crippen LogP contribution >= 0.6 is 0 Å². The lowest BCUT2D eigenvalue weighted by Gasteiger charge is -2.31. The topological polar surface area (TPSA) is 84.4 Å². The molecule has 124 valence electrons. The van der Waals surface area contributed by atoms with Crippen molar-refractivity contribution in [3.8, 4) is 11.7 Å². The molecule has 2 aromatic heterocycles. The van der Waals surface area contributed by atoms with Crippen LogP contribution in [0.1, 0.15) is 32.6 Å². The van der Waals surface area contributed by atoms with Crippen molar-refractivity contribution < 1.29 is 13.6 Å². The summed E-state index contributed by atoms with van der Waals surface area (Å²) in [5.74, 6) is 1.74. The lowest BCUT2D eigenvalue weighted by Crippen LogP contribution is -2.45. The molecule has 1 saturated heterocycles. The number of carbonyl (C=O) groups is 1. The molecule has 23 heavy (non-hydrogen) atoms. The monoisotopic (exact) mass is 318 g/mol. The van der Waals surface area contributed by atoms with Crippen LogP contribution in [0.4, 0.5) is 0 Å². The zero-order valence-electron chi connectivity index (χ0n) is 13.5. The van der Waals surface area contributed by atoms with E-state index in [9.17, 15) is 4.79 Å². The summed E-state index contributed by atoms with van der Waals surface area (Å²) in [7, 11) is 0.